The zero-order valence-corrected chi connectivity index (χ0v) is 16.2. The Balaban J connectivity index is 1.58. The molecule has 2 aromatic heterocycles. The van der Waals surface area contributed by atoms with Crippen molar-refractivity contribution < 1.29 is 4.79 Å². The van der Waals surface area contributed by atoms with Crippen LogP contribution in [0.2, 0.25) is 0 Å². The molecule has 6 heteroatoms. The monoisotopic (exact) mass is 365 g/mol. The van der Waals surface area contributed by atoms with Gasteiger partial charge in [0.15, 0.2) is 0 Å². The fourth-order valence-corrected chi connectivity index (χ4v) is 3.00. The summed E-state index contributed by atoms with van der Waals surface area (Å²) in [5.41, 5.74) is 2.71. The fraction of sp³-hybridized carbons (Fsp3) is 0.381. The van der Waals surface area contributed by atoms with Crippen molar-refractivity contribution in [2.45, 2.75) is 33.6 Å². The van der Waals surface area contributed by atoms with Crippen molar-refractivity contribution in [3.8, 4) is 0 Å². The van der Waals surface area contributed by atoms with Gasteiger partial charge in [-0.3, -0.25) is 4.79 Å². The van der Waals surface area contributed by atoms with Crippen LogP contribution >= 0.6 is 0 Å². The van der Waals surface area contributed by atoms with E-state index in [2.05, 4.69) is 51.6 Å². The van der Waals surface area contributed by atoms with E-state index in [-0.39, 0.29) is 5.91 Å². The number of anilines is 1. The summed E-state index contributed by atoms with van der Waals surface area (Å²) in [6.07, 6.45) is 3.82. The number of fused-ring (bicyclic) bond motifs is 1. The molecule has 1 aromatic carbocycles. The maximum Gasteiger partial charge on any atom is 0.270 e. The van der Waals surface area contributed by atoms with Crippen LogP contribution < -0.4 is 10.6 Å². The molecule has 0 unspecified atom stereocenters. The van der Waals surface area contributed by atoms with E-state index in [0.717, 1.165) is 24.9 Å². The number of amides is 1. The lowest BCUT2D eigenvalue weighted by molar-refractivity contribution is 0.0949. The highest BCUT2D eigenvalue weighted by Gasteiger charge is 2.11. The van der Waals surface area contributed by atoms with Crippen molar-refractivity contribution in [1.82, 2.24) is 20.3 Å². The summed E-state index contributed by atoms with van der Waals surface area (Å²) < 4.78 is 0. The fourth-order valence-electron chi connectivity index (χ4n) is 3.00. The van der Waals surface area contributed by atoms with Crippen LogP contribution in [0.5, 0.6) is 0 Å². The molecule has 0 radical (unpaired) electrons. The van der Waals surface area contributed by atoms with E-state index >= 15 is 0 Å². The maximum atomic E-state index is 12.5. The van der Waals surface area contributed by atoms with Crippen molar-refractivity contribution in [3.05, 3.63) is 53.6 Å². The summed E-state index contributed by atoms with van der Waals surface area (Å²) in [7, 11) is 0. The zero-order chi connectivity index (χ0) is 19.2. The van der Waals surface area contributed by atoms with E-state index in [0.29, 0.717) is 29.8 Å². The van der Waals surface area contributed by atoms with Crippen LogP contribution in [0.15, 0.2) is 36.5 Å². The van der Waals surface area contributed by atoms with Gasteiger partial charge in [-0.15, -0.1) is 0 Å². The summed E-state index contributed by atoms with van der Waals surface area (Å²) in [5, 5.41) is 7.43. The molecule has 0 fully saturated rings. The number of nitrogens with one attached hydrogen (secondary N) is 3. The maximum absolute atomic E-state index is 12.5. The van der Waals surface area contributed by atoms with Gasteiger partial charge in [0, 0.05) is 36.3 Å². The molecular formula is C21H27N5O. The molecule has 6 nitrogen and oxygen atoms in total. The first-order valence-electron chi connectivity index (χ1n) is 9.45. The number of hydrogen-bond acceptors (Lipinski definition) is 4. The molecule has 27 heavy (non-hydrogen) atoms. The van der Waals surface area contributed by atoms with Gasteiger partial charge < -0.3 is 15.6 Å². The number of benzene rings is 1. The molecule has 0 atom stereocenters. The number of hydrogen-bond donors (Lipinski definition) is 3. The van der Waals surface area contributed by atoms with Crippen LogP contribution in [0.25, 0.3) is 10.9 Å². The lowest BCUT2D eigenvalue weighted by Gasteiger charge is -2.10. The highest BCUT2D eigenvalue weighted by atomic mass is 16.1. The van der Waals surface area contributed by atoms with Crippen LogP contribution in [0.4, 0.5) is 5.82 Å². The van der Waals surface area contributed by atoms with Crippen molar-refractivity contribution in [1.29, 1.82) is 0 Å². The number of para-hydroxylation sites is 1. The lowest BCUT2D eigenvalue weighted by Crippen LogP contribution is -2.27. The van der Waals surface area contributed by atoms with Crippen molar-refractivity contribution in [2.24, 2.45) is 5.92 Å². The molecule has 142 valence electrons. The molecule has 0 bridgehead atoms. The largest absolute Gasteiger partial charge is 0.370 e. The van der Waals surface area contributed by atoms with E-state index in [9.17, 15) is 4.79 Å². The number of rotatable bonds is 8. The number of H-pyrrole nitrogens is 1. The number of aromatic amines is 1. The summed E-state index contributed by atoms with van der Waals surface area (Å²) in [5.74, 6) is 1.73. The number of nitrogens with zero attached hydrogens (tertiary/aromatic N) is 2. The van der Waals surface area contributed by atoms with E-state index in [4.69, 9.17) is 0 Å². The number of carbonyl (C=O) groups is 1. The predicted octanol–water partition coefficient (Wildman–Crippen LogP) is 3.70. The highest BCUT2D eigenvalue weighted by Crippen LogP contribution is 2.17. The Labute approximate surface area is 159 Å². The van der Waals surface area contributed by atoms with Gasteiger partial charge in [0.25, 0.3) is 5.91 Å². The van der Waals surface area contributed by atoms with Gasteiger partial charge in [-0.1, -0.05) is 32.0 Å². The minimum Gasteiger partial charge on any atom is -0.370 e. The van der Waals surface area contributed by atoms with Gasteiger partial charge in [0.05, 0.1) is 0 Å². The second-order valence-corrected chi connectivity index (χ2v) is 7.16. The third-order valence-corrected chi connectivity index (χ3v) is 4.45. The van der Waals surface area contributed by atoms with Gasteiger partial charge in [-0.05, 0) is 37.3 Å². The molecule has 0 spiro atoms. The number of carbonyl (C=O) groups excluding carboxylic acids is 1. The quantitative estimate of drug-likeness (QED) is 0.568. The van der Waals surface area contributed by atoms with Crippen LogP contribution in [0.3, 0.4) is 0 Å². The molecule has 0 aliphatic heterocycles. The third kappa shape index (κ3) is 5.06. The van der Waals surface area contributed by atoms with Crippen molar-refractivity contribution in [3.63, 3.8) is 0 Å². The van der Waals surface area contributed by atoms with Crippen LogP contribution in [0, 0.1) is 12.8 Å². The first-order chi connectivity index (χ1) is 13.0. The third-order valence-electron chi connectivity index (χ3n) is 4.45. The van der Waals surface area contributed by atoms with E-state index in [1.54, 1.807) is 13.0 Å². The highest BCUT2D eigenvalue weighted by molar-refractivity contribution is 5.93. The van der Waals surface area contributed by atoms with E-state index < -0.39 is 0 Å². The molecular weight excluding hydrogens is 338 g/mol. The minimum atomic E-state index is -0.174. The number of aromatic nitrogens is 3. The van der Waals surface area contributed by atoms with Crippen molar-refractivity contribution in [2.75, 3.05) is 18.4 Å². The Morgan fingerprint density at radius 3 is 2.81 bits per heavy atom. The molecule has 3 rings (SSSR count). The first kappa shape index (κ1) is 18.9. The van der Waals surface area contributed by atoms with Crippen LogP contribution in [0.1, 0.15) is 42.1 Å². The Morgan fingerprint density at radius 1 is 1.19 bits per heavy atom. The Hall–Kier alpha value is -2.89. The lowest BCUT2D eigenvalue weighted by atomic mass is 10.1. The standard InChI is InChI=1S/C21H27N5O/c1-14(2)8-10-22-20-12-19(25-15(3)26-20)21(27)23-11-9-16-13-24-18-7-5-4-6-17(16)18/h4-7,12-14,24H,8-11H2,1-3H3,(H,23,27)(H,22,25,26). The molecule has 0 saturated carbocycles. The molecule has 3 N–H and O–H groups in total. The van der Waals surface area contributed by atoms with Gasteiger partial charge >= 0.3 is 0 Å². The van der Waals surface area contributed by atoms with Crippen molar-refractivity contribution >= 4 is 22.6 Å². The predicted molar refractivity (Wildman–Crippen MR) is 109 cm³/mol. The minimum absolute atomic E-state index is 0.174. The Morgan fingerprint density at radius 2 is 2.00 bits per heavy atom. The van der Waals surface area contributed by atoms with Gasteiger partial charge in [0.1, 0.15) is 17.3 Å². The SMILES string of the molecule is Cc1nc(NCCC(C)C)cc(C(=O)NCCc2c[nH]c3ccccc23)n1. The normalized spacial score (nSPS) is 11.1. The first-order valence-corrected chi connectivity index (χ1v) is 9.45. The second kappa shape index (κ2) is 8.66. The van der Waals surface area contributed by atoms with Crippen LogP contribution in [-0.2, 0) is 6.42 Å². The zero-order valence-electron chi connectivity index (χ0n) is 16.2. The van der Waals surface area contributed by atoms with Gasteiger partial charge in [0.2, 0.25) is 0 Å². The van der Waals surface area contributed by atoms with E-state index in [1.807, 2.05) is 18.3 Å². The smallest absolute Gasteiger partial charge is 0.270 e. The van der Waals surface area contributed by atoms with Gasteiger partial charge in [-0.25, -0.2) is 9.97 Å². The van der Waals surface area contributed by atoms with E-state index in [1.165, 1.54) is 10.9 Å². The molecule has 1 amide bonds. The summed E-state index contributed by atoms with van der Waals surface area (Å²) in [4.78, 5) is 24.4. The topological polar surface area (TPSA) is 82.7 Å². The van der Waals surface area contributed by atoms with Crippen LogP contribution in [-0.4, -0.2) is 33.9 Å². The molecule has 0 saturated heterocycles. The molecule has 0 aliphatic carbocycles. The average molecular weight is 365 g/mol. The Kier molecular flexibility index (Phi) is 6.06. The summed E-state index contributed by atoms with van der Waals surface area (Å²) in [6.45, 7) is 7.55. The number of aryl methyl sites for hydroxylation is 1. The summed E-state index contributed by atoms with van der Waals surface area (Å²) in [6, 6.07) is 9.89. The Bertz CT molecular complexity index is 916. The second-order valence-electron chi connectivity index (χ2n) is 7.16. The molecule has 0 aliphatic rings. The molecule has 3 aromatic rings. The summed E-state index contributed by atoms with van der Waals surface area (Å²) >= 11 is 0. The molecule has 2 heterocycles. The average Bonchev–Trinajstić information content (AvgIpc) is 3.04. The van der Waals surface area contributed by atoms with Gasteiger partial charge in [-0.2, -0.15) is 0 Å².